The monoisotopic (exact) mass is 446 g/mol. The van der Waals surface area contributed by atoms with E-state index in [-0.39, 0.29) is 16.8 Å². The lowest BCUT2D eigenvalue weighted by molar-refractivity contribution is 0.389. The number of H-pyrrole nitrogens is 1. The highest BCUT2D eigenvalue weighted by molar-refractivity contribution is 7.12. The Hall–Kier alpha value is -2.39. The van der Waals surface area contributed by atoms with Crippen LogP contribution in [0, 0.1) is 11.7 Å². The van der Waals surface area contributed by atoms with Crippen LogP contribution in [0.15, 0.2) is 15.7 Å². The van der Waals surface area contributed by atoms with E-state index < -0.39 is 16.8 Å². The molecular formula is C22H27FN4O3S. The third-order valence-corrected chi connectivity index (χ3v) is 7.71. The molecule has 2 aromatic heterocycles. The number of hydrogen-bond donors (Lipinski definition) is 2. The van der Waals surface area contributed by atoms with Crippen molar-refractivity contribution in [2.45, 2.75) is 44.7 Å². The average Bonchev–Trinajstić information content (AvgIpc) is 3.36. The number of aromatic nitrogens is 2. The first-order valence-corrected chi connectivity index (χ1v) is 11.7. The van der Waals surface area contributed by atoms with Crippen molar-refractivity contribution in [3.05, 3.63) is 32.5 Å². The van der Waals surface area contributed by atoms with E-state index in [4.69, 9.17) is 4.74 Å². The molecule has 2 aliphatic rings. The molecule has 0 amide bonds. The highest BCUT2D eigenvalue weighted by Crippen LogP contribution is 2.46. The number of aromatic amines is 1. The zero-order chi connectivity index (χ0) is 21.9. The van der Waals surface area contributed by atoms with Gasteiger partial charge in [-0.2, -0.15) is 0 Å². The summed E-state index contributed by atoms with van der Waals surface area (Å²) in [5.41, 5.74) is 0.163. The summed E-state index contributed by atoms with van der Waals surface area (Å²) in [6, 6.07) is 1.86. The second-order valence-electron chi connectivity index (χ2n) is 8.58. The van der Waals surface area contributed by atoms with Gasteiger partial charge in [0.1, 0.15) is 15.9 Å². The number of nitrogens with zero attached hydrogens (tertiary/aromatic N) is 2. The Morgan fingerprint density at radius 2 is 2.13 bits per heavy atom. The Kier molecular flexibility index (Phi) is 5.05. The summed E-state index contributed by atoms with van der Waals surface area (Å²) in [6.07, 6.45) is 3.90. The van der Waals surface area contributed by atoms with Crippen molar-refractivity contribution in [3.63, 3.8) is 0 Å². The molecule has 5 rings (SSSR count). The lowest BCUT2D eigenvalue weighted by Gasteiger charge is -2.26. The second kappa shape index (κ2) is 7.63. The first kappa shape index (κ1) is 20.5. The van der Waals surface area contributed by atoms with Crippen LogP contribution in [0.5, 0.6) is 5.75 Å². The second-order valence-corrected chi connectivity index (χ2v) is 9.37. The van der Waals surface area contributed by atoms with Gasteiger partial charge in [0.15, 0.2) is 11.6 Å². The van der Waals surface area contributed by atoms with Gasteiger partial charge >= 0.3 is 0 Å². The van der Waals surface area contributed by atoms with E-state index in [1.807, 2.05) is 16.5 Å². The maximum absolute atomic E-state index is 15.5. The highest BCUT2D eigenvalue weighted by atomic mass is 32.1. The number of fused-ring (bicyclic) bond motifs is 2. The fourth-order valence-electron chi connectivity index (χ4n) is 5.18. The Morgan fingerprint density at radius 3 is 2.77 bits per heavy atom. The van der Waals surface area contributed by atoms with Gasteiger partial charge in [0.2, 0.25) is 5.43 Å². The molecule has 1 aromatic carbocycles. The number of hydrogen-bond acceptors (Lipinski definition) is 6. The lowest BCUT2D eigenvalue weighted by Crippen LogP contribution is -2.35. The first-order valence-electron chi connectivity index (χ1n) is 10.9. The van der Waals surface area contributed by atoms with Crippen molar-refractivity contribution in [1.29, 1.82) is 0 Å². The molecule has 2 N–H and O–H groups in total. The van der Waals surface area contributed by atoms with Gasteiger partial charge in [-0.05, 0) is 56.2 Å². The Morgan fingerprint density at radius 1 is 1.35 bits per heavy atom. The van der Waals surface area contributed by atoms with E-state index in [9.17, 15) is 9.59 Å². The standard InChI is InChI=1S/C22H27FN4O3S/c1-4-15(24-2)11-7-8-26(10-11)18-14(23)9-13-17(20(18)30-3)27(12-5-6-12)22-16(19(13)28)21(29)25-31-22/h9,11-12,15,24H,4-8,10H2,1-3H3,(H,25,29)/t11-,15-/m1/s1. The number of ether oxygens (including phenoxy) is 1. The molecule has 0 bridgehead atoms. The van der Waals surface area contributed by atoms with Gasteiger partial charge in [0.05, 0.1) is 18.0 Å². The predicted molar refractivity (Wildman–Crippen MR) is 122 cm³/mol. The molecule has 9 heteroatoms. The minimum atomic E-state index is -0.479. The van der Waals surface area contributed by atoms with Crippen molar-refractivity contribution in [3.8, 4) is 5.75 Å². The molecule has 1 aliphatic heterocycles. The fourth-order valence-corrected chi connectivity index (χ4v) is 6.10. The number of rotatable bonds is 6. The largest absolute Gasteiger partial charge is 0.492 e. The summed E-state index contributed by atoms with van der Waals surface area (Å²) in [7, 11) is 3.50. The number of halogens is 1. The Balaban J connectivity index is 1.76. The molecule has 2 atom stereocenters. The average molecular weight is 447 g/mol. The van der Waals surface area contributed by atoms with E-state index in [1.165, 1.54) is 13.2 Å². The quantitative estimate of drug-likeness (QED) is 0.608. The predicted octanol–water partition coefficient (Wildman–Crippen LogP) is 3.21. The van der Waals surface area contributed by atoms with Crippen molar-refractivity contribution < 1.29 is 9.13 Å². The summed E-state index contributed by atoms with van der Waals surface area (Å²) in [4.78, 5) is 28.1. The van der Waals surface area contributed by atoms with Crippen molar-refractivity contribution in [2.24, 2.45) is 5.92 Å². The zero-order valence-electron chi connectivity index (χ0n) is 18.0. The van der Waals surface area contributed by atoms with Crippen LogP contribution in [-0.4, -0.2) is 42.2 Å². The number of anilines is 1. The SMILES string of the molecule is CC[C@@H](NC)[C@@H]1CCN(c2c(F)cc3c(=O)c4c(=O)[nH]sc4n(C4CC4)c3c2OC)C1. The third-order valence-electron chi connectivity index (χ3n) is 6.83. The molecule has 1 saturated carbocycles. The van der Waals surface area contributed by atoms with Crippen LogP contribution in [0.2, 0.25) is 0 Å². The molecule has 1 aliphatic carbocycles. The molecule has 7 nitrogen and oxygen atoms in total. The molecular weight excluding hydrogens is 419 g/mol. The summed E-state index contributed by atoms with van der Waals surface area (Å²) >= 11 is 1.16. The molecule has 31 heavy (non-hydrogen) atoms. The molecule has 3 aromatic rings. The highest BCUT2D eigenvalue weighted by Gasteiger charge is 2.35. The van der Waals surface area contributed by atoms with Gasteiger partial charge in [-0.1, -0.05) is 6.92 Å². The number of methoxy groups -OCH3 is 1. The fraction of sp³-hybridized carbons (Fsp3) is 0.545. The van der Waals surface area contributed by atoms with Crippen LogP contribution < -0.4 is 25.9 Å². The van der Waals surface area contributed by atoms with Crippen LogP contribution in [0.3, 0.4) is 0 Å². The van der Waals surface area contributed by atoms with Crippen LogP contribution in [-0.2, 0) is 0 Å². The number of nitrogens with one attached hydrogen (secondary N) is 2. The Labute approximate surface area is 183 Å². The summed E-state index contributed by atoms with van der Waals surface area (Å²) in [5, 5.41) is 3.69. The maximum Gasteiger partial charge on any atom is 0.271 e. The van der Waals surface area contributed by atoms with Gasteiger partial charge in [-0.3, -0.25) is 14.0 Å². The van der Waals surface area contributed by atoms with Crippen LogP contribution in [0.4, 0.5) is 10.1 Å². The van der Waals surface area contributed by atoms with Gasteiger partial charge in [0.25, 0.3) is 5.56 Å². The normalized spacial score (nSPS) is 20.1. The van der Waals surface area contributed by atoms with Crippen molar-refractivity contribution in [2.75, 3.05) is 32.1 Å². The van der Waals surface area contributed by atoms with Gasteiger partial charge in [-0.25, -0.2) is 4.39 Å². The van der Waals surface area contributed by atoms with Crippen molar-refractivity contribution in [1.82, 2.24) is 14.3 Å². The van der Waals surface area contributed by atoms with Gasteiger partial charge < -0.3 is 19.5 Å². The van der Waals surface area contributed by atoms with E-state index >= 15 is 4.39 Å². The van der Waals surface area contributed by atoms with Crippen LogP contribution in [0.25, 0.3) is 21.1 Å². The first-order chi connectivity index (χ1) is 15.0. The maximum atomic E-state index is 15.5. The van der Waals surface area contributed by atoms with E-state index in [1.54, 1.807) is 0 Å². The molecule has 3 heterocycles. The topological polar surface area (TPSA) is 79.4 Å². The molecule has 166 valence electrons. The van der Waals surface area contributed by atoms with E-state index in [0.29, 0.717) is 33.7 Å². The molecule has 0 radical (unpaired) electrons. The van der Waals surface area contributed by atoms with Gasteiger partial charge in [0, 0.05) is 25.2 Å². The van der Waals surface area contributed by atoms with Crippen LogP contribution in [0.1, 0.15) is 38.6 Å². The molecule has 0 spiro atoms. The summed E-state index contributed by atoms with van der Waals surface area (Å²) in [6.45, 7) is 3.61. The minimum Gasteiger partial charge on any atom is -0.492 e. The van der Waals surface area contributed by atoms with E-state index in [0.717, 1.165) is 50.3 Å². The Bertz CT molecular complexity index is 1270. The number of benzene rings is 1. The third kappa shape index (κ3) is 3.09. The zero-order valence-corrected chi connectivity index (χ0v) is 18.8. The summed E-state index contributed by atoms with van der Waals surface area (Å²) in [5.74, 6) is 0.325. The minimum absolute atomic E-state index is 0.111. The molecule has 0 unspecified atom stereocenters. The summed E-state index contributed by atoms with van der Waals surface area (Å²) < 4.78 is 26.0. The van der Waals surface area contributed by atoms with Crippen molar-refractivity contribution >= 4 is 38.3 Å². The van der Waals surface area contributed by atoms with Gasteiger partial charge in [-0.15, -0.1) is 0 Å². The lowest BCUT2D eigenvalue weighted by atomic mass is 9.97. The number of pyridine rings is 1. The molecule has 1 saturated heterocycles. The smallest absolute Gasteiger partial charge is 0.271 e. The molecule has 2 fully saturated rings. The van der Waals surface area contributed by atoms with E-state index in [2.05, 4.69) is 16.6 Å². The van der Waals surface area contributed by atoms with Crippen LogP contribution >= 0.6 is 11.5 Å².